The van der Waals surface area contributed by atoms with Crippen molar-refractivity contribution in [2.75, 3.05) is 21.3 Å². The predicted molar refractivity (Wildman–Crippen MR) is 99.3 cm³/mol. The zero-order valence-electron chi connectivity index (χ0n) is 16.1. The number of halogens is 1. The Bertz CT molecular complexity index is 979. The van der Waals surface area contributed by atoms with Crippen molar-refractivity contribution in [2.45, 2.75) is 13.0 Å². The monoisotopic (exact) mass is 402 g/mol. The van der Waals surface area contributed by atoms with Crippen molar-refractivity contribution in [3.63, 3.8) is 0 Å². The summed E-state index contributed by atoms with van der Waals surface area (Å²) in [6.07, 6.45) is -0.194. The molecule has 0 amide bonds. The molecule has 0 aliphatic rings. The Morgan fingerprint density at radius 1 is 1.03 bits per heavy atom. The lowest BCUT2D eigenvalue weighted by Gasteiger charge is -2.12. The van der Waals surface area contributed by atoms with Gasteiger partial charge in [0.2, 0.25) is 11.6 Å². The van der Waals surface area contributed by atoms with Crippen molar-refractivity contribution in [1.82, 2.24) is 10.2 Å². The average molecular weight is 402 g/mol. The van der Waals surface area contributed by atoms with Crippen LogP contribution in [-0.4, -0.2) is 37.5 Å². The van der Waals surface area contributed by atoms with Crippen LogP contribution >= 0.6 is 0 Å². The molecular weight excluding hydrogens is 383 g/mol. The van der Waals surface area contributed by atoms with E-state index in [2.05, 4.69) is 10.2 Å². The summed E-state index contributed by atoms with van der Waals surface area (Å²) in [5, 5.41) is 7.81. The van der Waals surface area contributed by atoms with Crippen molar-refractivity contribution in [1.29, 1.82) is 0 Å². The van der Waals surface area contributed by atoms with Gasteiger partial charge in [-0.1, -0.05) is 18.2 Å². The molecule has 0 fully saturated rings. The molecule has 29 heavy (non-hydrogen) atoms. The van der Waals surface area contributed by atoms with Crippen LogP contribution in [-0.2, 0) is 22.6 Å². The fourth-order valence-electron chi connectivity index (χ4n) is 2.62. The van der Waals surface area contributed by atoms with Crippen molar-refractivity contribution in [3.8, 4) is 28.7 Å². The summed E-state index contributed by atoms with van der Waals surface area (Å²) < 4.78 is 40.1. The number of ether oxygens (including phenoxy) is 4. The second kappa shape index (κ2) is 9.05. The Morgan fingerprint density at radius 3 is 2.34 bits per heavy atom. The van der Waals surface area contributed by atoms with E-state index in [1.165, 1.54) is 33.5 Å². The molecule has 0 spiro atoms. The van der Waals surface area contributed by atoms with Gasteiger partial charge in [0.1, 0.15) is 5.82 Å². The molecular formula is C20H19FN2O6. The summed E-state index contributed by atoms with van der Waals surface area (Å²) in [6.45, 7) is -0.231. The first-order valence-corrected chi connectivity index (χ1v) is 8.57. The van der Waals surface area contributed by atoms with Gasteiger partial charge in [-0.3, -0.25) is 4.79 Å². The maximum Gasteiger partial charge on any atom is 0.310 e. The SMILES string of the molecule is COc1cc(-c2nnc(COC(=O)Cc3ccccc3F)o2)cc(OC)c1OC. The molecule has 0 bridgehead atoms. The van der Waals surface area contributed by atoms with E-state index in [0.29, 0.717) is 22.8 Å². The molecule has 0 aliphatic carbocycles. The molecule has 3 rings (SSSR count). The Hall–Kier alpha value is -3.62. The summed E-state index contributed by atoms with van der Waals surface area (Å²) in [5.74, 6) is 0.492. The lowest BCUT2D eigenvalue weighted by Crippen LogP contribution is -2.09. The van der Waals surface area contributed by atoms with Crippen molar-refractivity contribution in [2.24, 2.45) is 0 Å². The van der Waals surface area contributed by atoms with E-state index in [4.69, 9.17) is 23.4 Å². The fourth-order valence-corrected chi connectivity index (χ4v) is 2.62. The number of esters is 1. The fraction of sp³-hybridized carbons (Fsp3) is 0.250. The summed E-state index contributed by atoms with van der Waals surface area (Å²) >= 11 is 0. The van der Waals surface area contributed by atoms with Crippen molar-refractivity contribution < 1.29 is 32.5 Å². The molecule has 9 heteroatoms. The van der Waals surface area contributed by atoms with Crippen LogP contribution < -0.4 is 14.2 Å². The van der Waals surface area contributed by atoms with Gasteiger partial charge in [-0.05, 0) is 23.8 Å². The molecule has 1 aromatic heterocycles. The maximum absolute atomic E-state index is 13.6. The number of nitrogens with zero attached hydrogens (tertiary/aromatic N) is 2. The minimum atomic E-state index is -0.609. The first-order valence-electron chi connectivity index (χ1n) is 8.57. The molecule has 0 N–H and O–H groups in total. The lowest BCUT2D eigenvalue weighted by molar-refractivity contribution is -0.144. The van der Waals surface area contributed by atoms with Crippen LogP contribution in [0.3, 0.4) is 0 Å². The highest BCUT2D eigenvalue weighted by molar-refractivity contribution is 5.72. The predicted octanol–water partition coefficient (Wildman–Crippen LogP) is 3.19. The maximum atomic E-state index is 13.6. The number of hydrogen-bond acceptors (Lipinski definition) is 8. The highest BCUT2D eigenvalue weighted by Crippen LogP contribution is 2.40. The van der Waals surface area contributed by atoms with Gasteiger partial charge in [-0.15, -0.1) is 10.2 Å². The van der Waals surface area contributed by atoms with Crippen LogP contribution in [0.5, 0.6) is 17.2 Å². The van der Waals surface area contributed by atoms with E-state index in [0.717, 1.165) is 0 Å². The Kier molecular flexibility index (Phi) is 6.28. The second-order valence-corrected chi connectivity index (χ2v) is 5.84. The summed E-state index contributed by atoms with van der Waals surface area (Å²) in [4.78, 5) is 11.9. The first-order chi connectivity index (χ1) is 14.0. The molecule has 2 aromatic carbocycles. The Morgan fingerprint density at radius 2 is 1.72 bits per heavy atom. The van der Waals surface area contributed by atoms with Gasteiger partial charge in [-0.25, -0.2) is 4.39 Å². The van der Waals surface area contributed by atoms with Gasteiger partial charge in [0.05, 0.1) is 27.8 Å². The zero-order chi connectivity index (χ0) is 20.8. The summed E-state index contributed by atoms with van der Waals surface area (Å²) in [5.41, 5.74) is 0.789. The Balaban J connectivity index is 1.69. The van der Waals surface area contributed by atoms with Crippen LogP contribution in [0, 0.1) is 5.82 Å². The molecule has 0 saturated heterocycles. The number of aromatic nitrogens is 2. The smallest absolute Gasteiger partial charge is 0.310 e. The molecule has 0 unspecified atom stereocenters. The Labute approximate surface area is 166 Å². The van der Waals surface area contributed by atoms with E-state index in [-0.39, 0.29) is 30.4 Å². The number of methoxy groups -OCH3 is 3. The number of carbonyl (C=O) groups is 1. The van der Waals surface area contributed by atoms with E-state index in [9.17, 15) is 9.18 Å². The molecule has 0 radical (unpaired) electrons. The molecule has 152 valence electrons. The molecule has 3 aromatic rings. The first kappa shape index (κ1) is 20.1. The minimum Gasteiger partial charge on any atom is -0.493 e. The van der Waals surface area contributed by atoms with E-state index < -0.39 is 11.8 Å². The van der Waals surface area contributed by atoms with Crippen LogP contribution in [0.15, 0.2) is 40.8 Å². The second-order valence-electron chi connectivity index (χ2n) is 5.84. The van der Waals surface area contributed by atoms with Crippen LogP contribution in [0.1, 0.15) is 11.5 Å². The topological polar surface area (TPSA) is 92.9 Å². The minimum absolute atomic E-state index is 0.0932. The number of rotatable bonds is 8. The standard InChI is InChI=1S/C20H19FN2O6/c1-25-15-8-13(9-16(26-2)19(15)27-3)20-23-22-17(29-20)11-28-18(24)10-12-6-4-5-7-14(12)21/h4-9H,10-11H2,1-3H3. The van der Waals surface area contributed by atoms with Crippen LogP contribution in [0.2, 0.25) is 0 Å². The summed E-state index contributed by atoms with van der Waals surface area (Å²) in [6, 6.07) is 9.31. The third kappa shape index (κ3) is 4.63. The molecule has 0 aliphatic heterocycles. The quantitative estimate of drug-likeness (QED) is 0.531. The van der Waals surface area contributed by atoms with Gasteiger partial charge >= 0.3 is 5.97 Å². The van der Waals surface area contributed by atoms with Crippen LogP contribution in [0.4, 0.5) is 4.39 Å². The van der Waals surface area contributed by atoms with Crippen molar-refractivity contribution >= 4 is 5.97 Å². The van der Waals surface area contributed by atoms with Gasteiger partial charge < -0.3 is 23.4 Å². The molecule has 0 saturated carbocycles. The lowest BCUT2D eigenvalue weighted by atomic mass is 10.1. The highest BCUT2D eigenvalue weighted by atomic mass is 19.1. The zero-order valence-corrected chi connectivity index (χ0v) is 16.1. The number of benzene rings is 2. The molecule has 8 nitrogen and oxygen atoms in total. The molecule has 1 heterocycles. The average Bonchev–Trinajstić information content (AvgIpc) is 3.22. The van der Waals surface area contributed by atoms with E-state index in [1.54, 1.807) is 24.3 Å². The molecule has 0 atom stereocenters. The van der Waals surface area contributed by atoms with Gasteiger partial charge in [0.15, 0.2) is 18.1 Å². The number of hydrogen-bond donors (Lipinski definition) is 0. The highest BCUT2D eigenvalue weighted by Gasteiger charge is 2.18. The third-order valence-corrected chi connectivity index (χ3v) is 4.03. The number of carbonyl (C=O) groups excluding carboxylic acids is 1. The van der Waals surface area contributed by atoms with E-state index >= 15 is 0 Å². The van der Waals surface area contributed by atoms with Gasteiger partial charge in [-0.2, -0.15) is 0 Å². The van der Waals surface area contributed by atoms with Crippen LogP contribution in [0.25, 0.3) is 11.5 Å². The third-order valence-electron chi connectivity index (χ3n) is 4.03. The summed E-state index contributed by atoms with van der Waals surface area (Å²) in [7, 11) is 4.49. The van der Waals surface area contributed by atoms with Gasteiger partial charge in [0.25, 0.3) is 5.89 Å². The largest absolute Gasteiger partial charge is 0.493 e. The van der Waals surface area contributed by atoms with Gasteiger partial charge in [0, 0.05) is 5.56 Å². The van der Waals surface area contributed by atoms with Crippen molar-refractivity contribution in [3.05, 3.63) is 53.7 Å². The normalized spacial score (nSPS) is 10.5. The van der Waals surface area contributed by atoms with E-state index in [1.807, 2.05) is 0 Å².